The summed E-state index contributed by atoms with van der Waals surface area (Å²) in [4.78, 5) is 4.02. The first-order chi connectivity index (χ1) is 8.08. The van der Waals surface area contributed by atoms with E-state index < -0.39 is 11.9 Å². The highest BCUT2D eigenvalue weighted by molar-refractivity contribution is 6.30. The molecule has 1 atom stereocenters. The molecule has 0 aliphatic rings. The Morgan fingerprint density at radius 3 is 2.88 bits per heavy atom. The average Bonchev–Trinajstić information content (AvgIpc) is 2.68. The molecule has 1 unspecified atom stereocenters. The highest BCUT2D eigenvalue weighted by atomic mass is 35.5. The van der Waals surface area contributed by atoms with E-state index in [0.29, 0.717) is 16.4 Å². The molecule has 0 saturated carbocycles. The van der Waals surface area contributed by atoms with Crippen LogP contribution in [0.4, 0.5) is 4.39 Å². The van der Waals surface area contributed by atoms with Crippen molar-refractivity contribution in [2.45, 2.75) is 12.5 Å². The van der Waals surface area contributed by atoms with Crippen LogP contribution in [0.3, 0.4) is 0 Å². The molecule has 0 amide bonds. The smallest absolute Gasteiger partial charge is 0.137 e. The topological polar surface area (TPSA) is 38.0 Å². The Bertz CT molecular complexity index is 527. The van der Waals surface area contributed by atoms with Gasteiger partial charge in [0.1, 0.15) is 17.7 Å². The number of hydrogen-bond acceptors (Lipinski definition) is 2. The number of aryl methyl sites for hydroxylation is 1. The van der Waals surface area contributed by atoms with Gasteiger partial charge in [0.15, 0.2) is 0 Å². The van der Waals surface area contributed by atoms with Crippen molar-refractivity contribution in [2.24, 2.45) is 7.05 Å². The molecule has 3 nitrogen and oxygen atoms in total. The van der Waals surface area contributed by atoms with Crippen molar-refractivity contribution < 1.29 is 9.50 Å². The maximum atomic E-state index is 13.5. The van der Waals surface area contributed by atoms with Crippen LogP contribution in [-0.2, 0) is 13.5 Å². The molecule has 1 heterocycles. The molecule has 1 aromatic heterocycles. The zero-order chi connectivity index (χ0) is 12.4. The molecule has 0 aliphatic carbocycles. The summed E-state index contributed by atoms with van der Waals surface area (Å²) in [6.45, 7) is 0. The summed E-state index contributed by atoms with van der Waals surface area (Å²) >= 11 is 5.66. The average molecular weight is 255 g/mol. The molecule has 0 bridgehead atoms. The first-order valence-electron chi connectivity index (χ1n) is 5.17. The van der Waals surface area contributed by atoms with E-state index in [0.717, 1.165) is 0 Å². The van der Waals surface area contributed by atoms with Crippen LogP contribution >= 0.6 is 11.6 Å². The van der Waals surface area contributed by atoms with E-state index in [-0.39, 0.29) is 6.42 Å². The molecule has 0 saturated heterocycles. The summed E-state index contributed by atoms with van der Waals surface area (Å²) in [6.07, 6.45) is 2.67. The summed E-state index contributed by atoms with van der Waals surface area (Å²) in [5, 5.41) is 10.3. The molecule has 0 aliphatic heterocycles. The zero-order valence-corrected chi connectivity index (χ0v) is 10.0. The summed E-state index contributed by atoms with van der Waals surface area (Å²) in [5.41, 5.74) is 0.421. The van der Waals surface area contributed by atoms with E-state index in [1.807, 2.05) is 0 Å². The van der Waals surface area contributed by atoms with Gasteiger partial charge in [0.2, 0.25) is 0 Å². The molecule has 90 valence electrons. The number of hydrogen-bond donors (Lipinski definition) is 1. The third-order valence-electron chi connectivity index (χ3n) is 2.58. The monoisotopic (exact) mass is 254 g/mol. The second-order valence-electron chi connectivity index (χ2n) is 3.85. The minimum absolute atomic E-state index is 0.174. The van der Waals surface area contributed by atoms with Gasteiger partial charge in [0.05, 0.1) is 0 Å². The van der Waals surface area contributed by atoms with Crippen LogP contribution in [-0.4, -0.2) is 14.7 Å². The lowest BCUT2D eigenvalue weighted by molar-refractivity contribution is 0.164. The number of imidazole rings is 1. The quantitative estimate of drug-likeness (QED) is 0.914. The summed E-state index contributed by atoms with van der Waals surface area (Å²) in [5.74, 6) is 0.102. The lowest BCUT2D eigenvalue weighted by Gasteiger charge is -2.11. The predicted octanol–water partition coefficient (Wildman–Crippen LogP) is 2.49. The minimum Gasteiger partial charge on any atom is -0.385 e. The molecular weight excluding hydrogens is 243 g/mol. The lowest BCUT2D eigenvalue weighted by Crippen LogP contribution is -2.09. The number of rotatable bonds is 3. The Hall–Kier alpha value is -1.39. The predicted molar refractivity (Wildman–Crippen MR) is 63.3 cm³/mol. The van der Waals surface area contributed by atoms with Gasteiger partial charge in [-0.25, -0.2) is 9.37 Å². The van der Waals surface area contributed by atoms with Gasteiger partial charge >= 0.3 is 0 Å². The van der Waals surface area contributed by atoms with Gasteiger partial charge in [0, 0.05) is 30.9 Å². The third-order valence-corrected chi connectivity index (χ3v) is 2.82. The van der Waals surface area contributed by atoms with Crippen molar-refractivity contribution in [1.82, 2.24) is 9.55 Å². The zero-order valence-electron chi connectivity index (χ0n) is 9.27. The maximum Gasteiger partial charge on any atom is 0.137 e. The van der Waals surface area contributed by atoms with Crippen molar-refractivity contribution in [2.75, 3.05) is 0 Å². The number of aliphatic hydroxyl groups excluding tert-OH is 1. The van der Waals surface area contributed by atoms with E-state index >= 15 is 0 Å². The van der Waals surface area contributed by atoms with Crippen molar-refractivity contribution in [3.8, 4) is 0 Å². The molecule has 5 heteroatoms. The lowest BCUT2D eigenvalue weighted by atomic mass is 10.1. The fourth-order valence-corrected chi connectivity index (χ4v) is 1.84. The molecule has 1 aromatic carbocycles. The van der Waals surface area contributed by atoms with Crippen LogP contribution in [0, 0.1) is 5.82 Å². The number of aromatic nitrogens is 2. The molecule has 0 radical (unpaired) electrons. The first-order valence-corrected chi connectivity index (χ1v) is 5.55. The van der Waals surface area contributed by atoms with Crippen LogP contribution < -0.4 is 0 Å². The standard InChI is InChI=1S/C12H12ClFN2O/c1-16-5-4-15-12(16)11(17)6-8-2-3-9(13)7-10(8)14/h2-5,7,11,17H,6H2,1H3. The highest BCUT2D eigenvalue weighted by Gasteiger charge is 2.15. The normalized spacial score (nSPS) is 12.7. The van der Waals surface area contributed by atoms with E-state index in [9.17, 15) is 9.50 Å². The summed E-state index contributed by atoms with van der Waals surface area (Å²) < 4.78 is 15.2. The SMILES string of the molecule is Cn1ccnc1C(O)Cc1ccc(Cl)cc1F. The number of halogens is 2. The Kier molecular flexibility index (Phi) is 3.45. The Labute approximate surface area is 103 Å². The van der Waals surface area contributed by atoms with Crippen molar-refractivity contribution >= 4 is 11.6 Å². The van der Waals surface area contributed by atoms with E-state index in [2.05, 4.69) is 4.98 Å². The Morgan fingerprint density at radius 1 is 1.53 bits per heavy atom. The van der Waals surface area contributed by atoms with E-state index in [1.165, 1.54) is 6.07 Å². The van der Waals surface area contributed by atoms with Crippen molar-refractivity contribution in [1.29, 1.82) is 0 Å². The second-order valence-corrected chi connectivity index (χ2v) is 4.29. The van der Waals surface area contributed by atoms with Crippen LogP contribution in [0.1, 0.15) is 17.5 Å². The maximum absolute atomic E-state index is 13.5. The van der Waals surface area contributed by atoms with Crippen LogP contribution in [0.5, 0.6) is 0 Å². The molecule has 1 N–H and O–H groups in total. The van der Waals surface area contributed by atoms with Gasteiger partial charge in [-0.1, -0.05) is 17.7 Å². The van der Waals surface area contributed by atoms with Crippen molar-refractivity contribution in [3.63, 3.8) is 0 Å². The van der Waals surface area contributed by atoms with Gasteiger partial charge < -0.3 is 9.67 Å². The van der Waals surface area contributed by atoms with Crippen molar-refractivity contribution in [3.05, 3.63) is 52.8 Å². The Balaban J connectivity index is 2.19. The van der Waals surface area contributed by atoms with Crippen LogP contribution in [0.2, 0.25) is 5.02 Å². The number of aliphatic hydroxyl groups is 1. The fraction of sp³-hybridized carbons (Fsp3) is 0.250. The summed E-state index contributed by atoms with van der Waals surface area (Å²) in [6, 6.07) is 4.41. The van der Waals surface area contributed by atoms with E-state index in [1.54, 1.807) is 36.1 Å². The molecule has 0 fully saturated rings. The van der Waals surface area contributed by atoms with Gasteiger partial charge in [-0.15, -0.1) is 0 Å². The van der Waals surface area contributed by atoms with Gasteiger partial charge in [0.25, 0.3) is 0 Å². The molecule has 0 spiro atoms. The van der Waals surface area contributed by atoms with Gasteiger partial charge in [-0.3, -0.25) is 0 Å². The fourth-order valence-electron chi connectivity index (χ4n) is 1.69. The first kappa shape index (κ1) is 12.1. The van der Waals surface area contributed by atoms with E-state index in [4.69, 9.17) is 11.6 Å². The molecule has 2 rings (SSSR count). The summed E-state index contributed by atoms with van der Waals surface area (Å²) in [7, 11) is 1.78. The molecular formula is C12H12ClFN2O. The van der Waals surface area contributed by atoms with Crippen LogP contribution in [0.15, 0.2) is 30.6 Å². The molecule has 17 heavy (non-hydrogen) atoms. The molecule has 2 aromatic rings. The van der Waals surface area contributed by atoms with Gasteiger partial charge in [-0.2, -0.15) is 0 Å². The number of nitrogens with zero attached hydrogens (tertiary/aromatic N) is 2. The third kappa shape index (κ3) is 2.65. The second kappa shape index (κ2) is 4.85. The van der Waals surface area contributed by atoms with Crippen LogP contribution in [0.25, 0.3) is 0 Å². The Morgan fingerprint density at radius 2 is 2.29 bits per heavy atom. The number of benzene rings is 1. The largest absolute Gasteiger partial charge is 0.385 e. The minimum atomic E-state index is -0.828. The van der Waals surface area contributed by atoms with Gasteiger partial charge in [-0.05, 0) is 17.7 Å². The highest BCUT2D eigenvalue weighted by Crippen LogP contribution is 2.20.